The first-order chi connectivity index (χ1) is 17.0. The van der Waals surface area contributed by atoms with Crippen LogP contribution >= 0.6 is 0 Å². The number of ether oxygens (including phenoxy) is 3. The highest BCUT2D eigenvalue weighted by Gasteiger charge is 2.44. The van der Waals surface area contributed by atoms with Gasteiger partial charge in [-0.05, 0) is 84.9 Å². The van der Waals surface area contributed by atoms with E-state index >= 15 is 0 Å². The van der Waals surface area contributed by atoms with E-state index in [2.05, 4.69) is 6.92 Å². The zero-order valence-electron chi connectivity index (χ0n) is 23.8. The van der Waals surface area contributed by atoms with Gasteiger partial charge in [0.2, 0.25) is 0 Å². The maximum absolute atomic E-state index is 13.5. The average molecular weight is 517 g/mol. The van der Waals surface area contributed by atoms with E-state index in [0.29, 0.717) is 12.0 Å². The predicted octanol–water partition coefficient (Wildman–Crippen LogP) is 9.50. The summed E-state index contributed by atoms with van der Waals surface area (Å²) >= 11 is 0. The van der Waals surface area contributed by atoms with Crippen LogP contribution in [-0.2, 0) is 20.6 Å². The topological polar surface area (TPSA) is 27.7 Å². The van der Waals surface area contributed by atoms with Crippen molar-refractivity contribution in [3.8, 4) is 0 Å². The van der Waals surface area contributed by atoms with Crippen LogP contribution in [0.1, 0.15) is 125 Å². The lowest BCUT2D eigenvalue weighted by atomic mass is 9.91. The maximum atomic E-state index is 13.5. The molecule has 1 atom stereocenters. The smallest absolute Gasteiger partial charge is 0.286 e. The molecule has 1 aromatic rings. The lowest BCUT2D eigenvalue weighted by molar-refractivity contribution is -0.433. The normalized spacial score (nSPS) is 13.4. The van der Waals surface area contributed by atoms with E-state index in [9.17, 15) is 13.2 Å². The molecule has 0 heterocycles. The van der Waals surface area contributed by atoms with E-state index in [1.54, 1.807) is 0 Å². The largest absolute Gasteiger partial charge is 0.324 e. The molecule has 3 nitrogen and oxygen atoms in total. The average Bonchev–Trinajstić information content (AvgIpc) is 2.76. The lowest BCUT2D eigenvalue weighted by Crippen LogP contribution is -2.50. The molecule has 210 valence electrons. The summed E-state index contributed by atoms with van der Waals surface area (Å²) in [5.74, 6) is -4.71. The molecule has 0 saturated heterocycles. The quantitative estimate of drug-likeness (QED) is 0.0981. The van der Waals surface area contributed by atoms with Gasteiger partial charge in [-0.1, -0.05) is 58.3 Å². The Morgan fingerprint density at radius 1 is 0.639 bits per heavy atom. The van der Waals surface area contributed by atoms with Crippen molar-refractivity contribution in [3.63, 3.8) is 0 Å². The molecule has 1 unspecified atom stereocenters. The zero-order valence-corrected chi connectivity index (χ0v) is 23.8. The minimum Gasteiger partial charge on any atom is -0.324 e. The van der Waals surface area contributed by atoms with Crippen LogP contribution in [0.15, 0.2) is 12.1 Å². The lowest BCUT2D eigenvalue weighted by Gasteiger charge is -2.43. The second kappa shape index (κ2) is 17.4. The van der Waals surface area contributed by atoms with Gasteiger partial charge in [0.1, 0.15) is 0 Å². The van der Waals surface area contributed by atoms with Crippen molar-refractivity contribution in [2.75, 3.05) is 0 Å². The molecule has 36 heavy (non-hydrogen) atoms. The van der Waals surface area contributed by atoms with Crippen LogP contribution in [-0.4, -0.2) is 24.3 Å². The number of halogens is 3. The van der Waals surface area contributed by atoms with Gasteiger partial charge >= 0.3 is 0 Å². The van der Waals surface area contributed by atoms with E-state index in [1.165, 1.54) is 32.1 Å². The van der Waals surface area contributed by atoms with Crippen molar-refractivity contribution in [2.45, 2.75) is 150 Å². The molecular formula is C30H51F3O3. The summed E-state index contributed by atoms with van der Waals surface area (Å²) in [7, 11) is 0. The molecule has 0 aliphatic heterocycles. The highest BCUT2D eigenvalue weighted by atomic mass is 19.2. The van der Waals surface area contributed by atoms with E-state index in [-0.39, 0.29) is 24.2 Å². The van der Waals surface area contributed by atoms with Gasteiger partial charge in [0, 0.05) is 5.92 Å². The zero-order chi connectivity index (χ0) is 27.1. The fourth-order valence-electron chi connectivity index (χ4n) is 4.68. The summed E-state index contributed by atoms with van der Waals surface area (Å²) in [5, 5.41) is 0. The Bertz CT molecular complexity index is 672. The number of benzene rings is 1. The SMILES string of the molecule is CCCCCCCCC(CCCCCc1cc(F)c(F)c(F)c1)C(OC(C)C)(OC(C)C)OC(C)C. The second-order valence-corrected chi connectivity index (χ2v) is 10.8. The Kier molecular flexibility index (Phi) is 15.9. The Morgan fingerprint density at radius 2 is 1.06 bits per heavy atom. The van der Waals surface area contributed by atoms with Crippen molar-refractivity contribution in [1.82, 2.24) is 0 Å². The van der Waals surface area contributed by atoms with Crippen molar-refractivity contribution >= 4 is 0 Å². The number of hydrogen-bond acceptors (Lipinski definition) is 3. The summed E-state index contributed by atoms with van der Waals surface area (Å²) in [5.41, 5.74) is 0.485. The van der Waals surface area contributed by atoms with Crippen LogP contribution in [0.4, 0.5) is 13.2 Å². The molecule has 0 aromatic heterocycles. The Hall–Kier alpha value is -1.11. The summed E-state index contributed by atoms with van der Waals surface area (Å²) in [4.78, 5) is 0. The van der Waals surface area contributed by atoms with Gasteiger partial charge in [-0.25, -0.2) is 13.2 Å². The monoisotopic (exact) mass is 516 g/mol. The molecule has 0 radical (unpaired) electrons. The van der Waals surface area contributed by atoms with Gasteiger partial charge in [-0.3, -0.25) is 0 Å². The minimum absolute atomic E-state index is 0.0576. The van der Waals surface area contributed by atoms with Gasteiger partial charge in [0.15, 0.2) is 17.5 Å². The summed E-state index contributed by atoms with van der Waals surface area (Å²) in [6, 6.07) is 2.18. The fourth-order valence-corrected chi connectivity index (χ4v) is 4.68. The molecule has 0 aliphatic carbocycles. The van der Waals surface area contributed by atoms with Crippen molar-refractivity contribution < 1.29 is 27.4 Å². The van der Waals surface area contributed by atoms with Gasteiger partial charge < -0.3 is 14.2 Å². The van der Waals surface area contributed by atoms with Crippen LogP contribution < -0.4 is 0 Å². The van der Waals surface area contributed by atoms with Crippen LogP contribution in [0.2, 0.25) is 0 Å². The third-order valence-electron chi connectivity index (χ3n) is 6.17. The number of hydrogen-bond donors (Lipinski definition) is 0. The summed E-state index contributed by atoms with van der Waals surface area (Å²) in [6.45, 7) is 14.3. The second-order valence-electron chi connectivity index (χ2n) is 10.8. The first kappa shape index (κ1) is 32.9. The molecule has 0 aliphatic rings. The Labute approximate surface area is 218 Å². The number of unbranched alkanes of at least 4 members (excludes halogenated alkanes) is 7. The van der Waals surface area contributed by atoms with E-state index in [0.717, 1.165) is 50.7 Å². The van der Waals surface area contributed by atoms with Crippen LogP contribution in [0, 0.1) is 23.4 Å². The molecular weight excluding hydrogens is 465 g/mol. The van der Waals surface area contributed by atoms with Gasteiger partial charge in [-0.2, -0.15) is 0 Å². The van der Waals surface area contributed by atoms with Gasteiger partial charge in [-0.15, -0.1) is 0 Å². The van der Waals surface area contributed by atoms with Gasteiger partial charge in [0.25, 0.3) is 5.97 Å². The van der Waals surface area contributed by atoms with Crippen molar-refractivity contribution in [1.29, 1.82) is 0 Å². The third-order valence-corrected chi connectivity index (χ3v) is 6.17. The Balaban J connectivity index is 2.87. The molecule has 0 amide bonds. The highest BCUT2D eigenvalue weighted by molar-refractivity contribution is 5.19. The van der Waals surface area contributed by atoms with Crippen molar-refractivity contribution in [3.05, 3.63) is 35.1 Å². The molecule has 0 bridgehead atoms. The third kappa shape index (κ3) is 12.4. The maximum Gasteiger partial charge on any atom is 0.286 e. The molecule has 6 heteroatoms. The van der Waals surface area contributed by atoms with E-state index in [1.807, 2.05) is 41.5 Å². The van der Waals surface area contributed by atoms with Gasteiger partial charge in [0.05, 0.1) is 18.3 Å². The summed E-state index contributed by atoms with van der Waals surface area (Å²) in [6.07, 6.45) is 12.0. The first-order valence-corrected chi connectivity index (χ1v) is 14.2. The molecule has 0 fully saturated rings. The molecule has 1 rings (SSSR count). The molecule has 0 spiro atoms. The standard InChI is InChI=1S/C30H51F3O3/c1-8-9-10-11-12-15-18-26(30(34-22(2)3,35-23(4)5)36-24(6)7)19-16-13-14-17-25-20-27(31)29(33)28(32)21-25/h20-24,26H,8-19H2,1-7H3. The Morgan fingerprint density at radius 3 is 1.50 bits per heavy atom. The summed E-state index contributed by atoms with van der Waals surface area (Å²) < 4.78 is 59.5. The van der Waals surface area contributed by atoms with Crippen LogP contribution in [0.25, 0.3) is 0 Å². The number of aryl methyl sites for hydroxylation is 1. The van der Waals surface area contributed by atoms with E-state index in [4.69, 9.17) is 14.2 Å². The fraction of sp³-hybridized carbons (Fsp3) is 0.800. The van der Waals surface area contributed by atoms with Crippen LogP contribution in [0.5, 0.6) is 0 Å². The first-order valence-electron chi connectivity index (χ1n) is 14.2. The van der Waals surface area contributed by atoms with Crippen LogP contribution in [0.3, 0.4) is 0 Å². The predicted molar refractivity (Wildman–Crippen MR) is 141 cm³/mol. The van der Waals surface area contributed by atoms with Crippen molar-refractivity contribution in [2.24, 2.45) is 5.92 Å². The minimum atomic E-state index is -1.41. The number of rotatable bonds is 20. The molecule has 0 N–H and O–H groups in total. The molecule has 1 aromatic carbocycles. The van der Waals surface area contributed by atoms with E-state index < -0.39 is 23.4 Å². The molecule has 0 saturated carbocycles. The highest BCUT2D eigenvalue weighted by Crippen LogP contribution is 2.37.